The number of unbranched alkanes of at least 4 members (excludes halogenated alkanes) is 40. The highest BCUT2D eigenvalue weighted by Crippen LogP contribution is 2.19. The quantitative estimate of drug-likeness (QED) is 0.0343. The van der Waals surface area contributed by atoms with Crippen molar-refractivity contribution in [2.45, 2.75) is 355 Å². The molecule has 1 unspecified atom stereocenters. The van der Waals surface area contributed by atoms with E-state index in [0.29, 0.717) is 19.3 Å². The second-order valence-electron chi connectivity index (χ2n) is 22.1. The van der Waals surface area contributed by atoms with Gasteiger partial charge in [-0.1, -0.05) is 311 Å². The molecular weight excluding hydrogens is 841 g/mol. The Morgan fingerprint density at radius 1 is 0.309 bits per heavy atom. The van der Waals surface area contributed by atoms with Crippen LogP contribution in [-0.2, 0) is 28.6 Å². The maximum absolute atomic E-state index is 12.9. The summed E-state index contributed by atoms with van der Waals surface area (Å²) in [5.41, 5.74) is 0. The van der Waals surface area contributed by atoms with Crippen LogP contribution in [0, 0.1) is 11.8 Å². The second kappa shape index (κ2) is 54.7. The number of carbonyl (C=O) groups excluding carboxylic acids is 3. The minimum Gasteiger partial charge on any atom is -0.462 e. The van der Waals surface area contributed by atoms with Crippen molar-refractivity contribution in [3.05, 3.63) is 0 Å². The molecule has 68 heavy (non-hydrogen) atoms. The second-order valence-corrected chi connectivity index (χ2v) is 22.1. The zero-order valence-electron chi connectivity index (χ0n) is 46.7. The molecule has 0 saturated heterocycles. The van der Waals surface area contributed by atoms with Gasteiger partial charge in [0.05, 0.1) is 0 Å². The lowest BCUT2D eigenvalue weighted by Gasteiger charge is -2.18. The molecule has 404 valence electrons. The van der Waals surface area contributed by atoms with Crippen LogP contribution in [-0.4, -0.2) is 37.2 Å². The van der Waals surface area contributed by atoms with E-state index in [0.717, 1.165) is 69.6 Å². The van der Waals surface area contributed by atoms with E-state index >= 15 is 0 Å². The van der Waals surface area contributed by atoms with Crippen LogP contribution in [0.2, 0.25) is 0 Å². The number of hydrogen-bond donors (Lipinski definition) is 0. The number of ether oxygens (including phenoxy) is 3. The van der Waals surface area contributed by atoms with E-state index in [4.69, 9.17) is 14.2 Å². The Morgan fingerprint density at radius 2 is 0.559 bits per heavy atom. The third kappa shape index (κ3) is 53.8. The summed E-state index contributed by atoms with van der Waals surface area (Å²) in [4.78, 5) is 38.2. The third-order valence-corrected chi connectivity index (χ3v) is 14.6. The summed E-state index contributed by atoms with van der Waals surface area (Å²) in [6.45, 7) is 11.4. The first-order valence-corrected chi connectivity index (χ1v) is 30.8. The molecule has 0 rings (SSSR count). The molecule has 0 aromatic heterocycles. The Bertz CT molecular complexity index is 1040. The van der Waals surface area contributed by atoms with Crippen LogP contribution in [0.25, 0.3) is 0 Å². The van der Waals surface area contributed by atoms with Gasteiger partial charge in [-0.05, 0) is 31.1 Å². The molecule has 0 N–H and O–H groups in total. The molecular formula is C62H120O6. The third-order valence-electron chi connectivity index (χ3n) is 14.6. The fourth-order valence-electron chi connectivity index (χ4n) is 9.55. The van der Waals surface area contributed by atoms with E-state index in [1.165, 1.54) is 238 Å². The van der Waals surface area contributed by atoms with Crippen LogP contribution in [0.15, 0.2) is 0 Å². The highest BCUT2D eigenvalue weighted by Gasteiger charge is 2.19. The first kappa shape index (κ1) is 66.4. The molecule has 0 aliphatic rings. The van der Waals surface area contributed by atoms with Crippen molar-refractivity contribution in [3.63, 3.8) is 0 Å². The zero-order chi connectivity index (χ0) is 49.6. The van der Waals surface area contributed by atoms with Gasteiger partial charge >= 0.3 is 17.9 Å². The van der Waals surface area contributed by atoms with Crippen LogP contribution in [0.4, 0.5) is 0 Å². The van der Waals surface area contributed by atoms with Crippen molar-refractivity contribution in [1.82, 2.24) is 0 Å². The first-order valence-electron chi connectivity index (χ1n) is 30.8. The Morgan fingerprint density at radius 3 is 0.838 bits per heavy atom. The van der Waals surface area contributed by atoms with Gasteiger partial charge in [-0.3, -0.25) is 14.4 Å². The summed E-state index contributed by atoms with van der Waals surface area (Å²) in [5.74, 6) is 0.833. The van der Waals surface area contributed by atoms with Crippen molar-refractivity contribution in [3.8, 4) is 0 Å². The highest BCUT2D eigenvalue weighted by atomic mass is 16.6. The summed E-state index contributed by atoms with van der Waals surface area (Å²) >= 11 is 0. The molecule has 0 aromatic carbocycles. The van der Waals surface area contributed by atoms with Gasteiger partial charge in [0, 0.05) is 19.3 Å². The van der Waals surface area contributed by atoms with Gasteiger partial charge in [-0.25, -0.2) is 0 Å². The summed E-state index contributed by atoms with van der Waals surface area (Å²) < 4.78 is 16.9. The molecule has 2 atom stereocenters. The van der Waals surface area contributed by atoms with Crippen molar-refractivity contribution >= 4 is 17.9 Å². The van der Waals surface area contributed by atoms with E-state index in [2.05, 4.69) is 34.6 Å². The highest BCUT2D eigenvalue weighted by molar-refractivity contribution is 5.71. The van der Waals surface area contributed by atoms with Crippen LogP contribution in [0.3, 0.4) is 0 Å². The van der Waals surface area contributed by atoms with Gasteiger partial charge in [-0.2, -0.15) is 0 Å². The number of hydrogen-bond acceptors (Lipinski definition) is 6. The molecule has 0 aliphatic heterocycles. The van der Waals surface area contributed by atoms with E-state index in [-0.39, 0.29) is 31.1 Å². The summed E-state index contributed by atoms with van der Waals surface area (Å²) in [6, 6.07) is 0. The standard InChI is InChI=1S/C62H120O6/c1-6-8-9-10-11-12-13-14-15-16-17-21-24-27-30-33-36-42-47-52-60(63)66-55-59(56-67-61(64)53-48-43-39-38-41-46-51-58(5)7-2)68-62(65)54-49-44-37-34-31-28-25-22-19-18-20-23-26-29-32-35-40-45-50-57(3)4/h57-59H,6-56H2,1-5H3/t58?,59-/m1/s1. The van der Waals surface area contributed by atoms with Crippen molar-refractivity contribution in [2.24, 2.45) is 11.8 Å². The number of rotatable bonds is 56. The monoisotopic (exact) mass is 961 g/mol. The fraction of sp³-hybridized carbons (Fsp3) is 0.952. The molecule has 6 nitrogen and oxygen atoms in total. The normalized spacial score (nSPS) is 12.4. The fourth-order valence-corrected chi connectivity index (χ4v) is 9.55. The minimum absolute atomic E-state index is 0.0631. The molecule has 0 amide bonds. The van der Waals surface area contributed by atoms with Gasteiger partial charge in [-0.15, -0.1) is 0 Å². The molecule has 0 radical (unpaired) electrons. The predicted octanol–water partition coefficient (Wildman–Crippen LogP) is 20.4. The molecule has 0 heterocycles. The van der Waals surface area contributed by atoms with Crippen molar-refractivity contribution in [1.29, 1.82) is 0 Å². The van der Waals surface area contributed by atoms with Crippen LogP contribution in [0.5, 0.6) is 0 Å². The number of esters is 3. The molecule has 6 heteroatoms. The van der Waals surface area contributed by atoms with Gasteiger partial charge in [0.25, 0.3) is 0 Å². The van der Waals surface area contributed by atoms with Crippen molar-refractivity contribution < 1.29 is 28.6 Å². The van der Waals surface area contributed by atoms with E-state index < -0.39 is 6.10 Å². The maximum Gasteiger partial charge on any atom is 0.306 e. The number of carbonyl (C=O) groups is 3. The Balaban J connectivity index is 4.21. The lowest BCUT2D eigenvalue weighted by atomic mass is 10.00. The van der Waals surface area contributed by atoms with Crippen molar-refractivity contribution in [2.75, 3.05) is 13.2 Å². The Kier molecular flexibility index (Phi) is 53.5. The lowest BCUT2D eigenvalue weighted by molar-refractivity contribution is -0.167. The topological polar surface area (TPSA) is 78.9 Å². The van der Waals surface area contributed by atoms with Gasteiger partial charge < -0.3 is 14.2 Å². The summed E-state index contributed by atoms with van der Waals surface area (Å²) in [5, 5.41) is 0. The van der Waals surface area contributed by atoms with Crippen LogP contribution in [0.1, 0.15) is 349 Å². The molecule has 0 fully saturated rings. The van der Waals surface area contributed by atoms with E-state index in [1.807, 2.05) is 0 Å². The average Bonchev–Trinajstić information content (AvgIpc) is 3.33. The van der Waals surface area contributed by atoms with Gasteiger partial charge in [0.1, 0.15) is 13.2 Å². The van der Waals surface area contributed by atoms with Gasteiger partial charge in [0.2, 0.25) is 0 Å². The SMILES string of the molecule is CCCCCCCCCCCCCCCCCCCCCC(=O)OC[C@H](COC(=O)CCCCCCCCC(C)CC)OC(=O)CCCCCCCCCCCCCCCCCCCCC(C)C. The molecule has 0 aromatic rings. The minimum atomic E-state index is -0.764. The van der Waals surface area contributed by atoms with Crippen LogP contribution < -0.4 is 0 Å². The van der Waals surface area contributed by atoms with Crippen LogP contribution >= 0.6 is 0 Å². The largest absolute Gasteiger partial charge is 0.462 e. The van der Waals surface area contributed by atoms with E-state index in [1.54, 1.807) is 0 Å². The zero-order valence-corrected chi connectivity index (χ0v) is 46.7. The Hall–Kier alpha value is -1.59. The summed E-state index contributed by atoms with van der Waals surface area (Å²) in [6.07, 6.45) is 59.7. The Labute approximate surface area is 425 Å². The van der Waals surface area contributed by atoms with E-state index in [9.17, 15) is 14.4 Å². The molecule has 0 bridgehead atoms. The van der Waals surface area contributed by atoms with Gasteiger partial charge in [0.15, 0.2) is 6.10 Å². The first-order chi connectivity index (χ1) is 33.3. The molecule has 0 aliphatic carbocycles. The lowest BCUT2D eigenvalue weighted by Crippen LogP contribution is -2.30. The predicted molar refractivity (Wildman–Crippen MR) is 293 cm³/mol. The maximum atomic E-state index is 12.9. The average molecular weight is 962 g/mol. The molecule has 0 spiro atoms. The molecule has 0 saturated carbocycles. The smallest absolute Gasteiger partial charge is 0.306 e. The summed E-state index contributed by atoms with van der Waals surface area (Å²) in [7, 11) is 0.